The van der Waals surface area contributed by atoms with Crippen molar-refractivity contribution in [3.8, 4) is 0 Å². The van der Waals surface area contributed by atoms with E-state index in [9.17, 15) is 4.79 Å². The summed E-state index contributed by atoms with van der Waals surface area (Å²) < 4.78 is 2.26. The highest BCUT2D eigenvalue weighted by molar-refractivity contribution is 7.71. The molecular weight excluding hydrogens is 376 g/mol. The van der Waals surface area contributed by atoms with Gasteiger partial charge in [0.05, 0.1) is 6.04 Å². The van der Waals surface area contributed by atoms with Gasteiger partial charge in [0.2, 0.25) is 5.91 Å². The molecule has 1 unspecified atom stereocenters. The van der Waals surface area contributed by atoms with Crippen LogP contribution in [0.5, 0.6) is 0 Å². The fourth-order valence-electron chi connectivity index (χ4n) is 3.00. The zero-order chi connectivity index (χ0) is 19.2. The molecule has 0 spiro atoms. The van der Waals surface area contributed by atoms with E-state index < -0.39 is 0 Å². The topological polar surface area (TPSA) is 62.7 Å². The van der Waals surface area contributed by atoms with Gasteiger partial charge < -0.3 is 5.32 Å². The number of hydrogen-bond donors (Lipinski definition) is 2. The Bertz CT molecular complexity index is 926. The SMILES string of the molecule is CCCc1n[nH]c(=S)n1CC(=O)NC(c1ccc(CC)cc1)c1cccs1. The number of nitrogens with one attached hydrogen (secondary N) is 2. The summed E-state index contributed by atoms with van der Waals surface area (Å²) in [6.07, 6.45) is 2.73. The van der Waals surface area contributed by atoms with Crippen LogP contribution in [0.1, 0.15) is 48.1 Å². The lowest BCUT2D eigenvalue weighted by Gasteiger charge is -2.19. The molecule has 5 nitrogen and oxygen atoms in total. The summed E-state index contributed by atoms with van der Waals surface area (Å²) in [6.45, 7) is 4.38. The maximum Gasteiger partial charge on any atom is 0.240 e. The fourth-order valence-corrected chi connectivity index (χ4v) is 4.02. The minimum atomic E-state index is -0.167. The average Bonchev–Trinajstić information content (AvgIpc) is 3.32. The third kappa shape index (κ3) is 4.73. The number of thiophene rings is 1. The summed E-state index contributed by atoms with van der Waals surface area (Å²) in [5.74, 6) is 0.737. The van der Waals surface area contributed by atoms with E-state index in [0.717, 1.165) is 35.5 Å². The Hall–Kier alpha value is -2.25. The zero-order valence-corrected chi connectivity index (χ0v) is 17.2. The third-order valence-electron chi connectivity index (χ3n) is 4.47. The van der Waals surface area contributed by atoms with E-state index >= 15 is 0 Å². The lowest BCUT2D eigenvalue weighted by atomic mass is 10.0. The first-order chi connectivity index (χ1) is 13.1. The van der Waals surface area contributed by atoms with Crippen molar-refractivity contribution in [3.63, 3.8) is 0 Å². The van der Waals surface area contributed by atoms with Crippen LogP contribution >= 0.6 is 23.6 Å². The van der Waals surface area contributed by atoms with E-state index in [-0.39, 0.29) is 18.5 Å². The van der Waals surface area contributed by atoms with Crippen LogP contribution in [-0.2, 0) is 24.2 Å². The molecule has 0 aliphatic heterocycles. The van der Waals surface area contributed by atoms with Crippen LogP contribution in [0.4, 0.5) is 0 Å². The molecule has 27 heavy (non-hydrogen) atoms. The zero-order valence-electron chi connectivity index (χ0n) is 15.6. The normalized spacial score (nSPS) is 12.1. The molecule has 1 atom stereocenters. The highest BCUT2D eigenvalue weighted by Crippen LogP contribution is 2.26. The van der Waals surface area contributed by atoms with E-state index in [2.05, 4.69) is 59.7 Å². The predicted octanol–water partition coefficient (Wildman–Crippen LogP) is 4.42. The van der Waals surface area contributed by atoms with Gasteiger partial charge in [-0.25, -0.2) is 0 Å². The lowest BCUT2D eigenvalue weighted by Crippen LogP contribution is -2.32. The Balaban J connectivity index is 1.81. The molecule has 1 aromatic carbocycles. The van der Waals surface area contributed by atoms with Crippen molar-refractivity contribution in [2.24, 2.45) is 0 Å². The van der Waals surface area contributed by atoms with Gasteiger partial charge in [0.15, 0.2) is 4.77 Å². The molecule has 0 radical (unpaired) electrons. The van der Waals surface area contributed by atoms with E-state index in [1.54, 1.807) is 15.9 Å². The Morgan fingerprint density at radius 3 is 2.70 bits per heavy atom. The smallest absolute Gasteiger partial charge is 0.240 e. The van der Waals surface area contributed by atoms with Crippen molar-refractivity contribution in [1.82, 2.24) is 20.1 Å². The van der Waals surface area contributed by atoms with Gasteiger partial charge in [-0.15, -0.1) is 11.3 Å². The Morgan fingerprint density at radius 2 is 2.07 bits per heavy atom. The van der Waals surface area contributed by atoms with Crippen molar-refractivity contribution >= 4 is 29.5 Å². The van der Waals surface area contributed by atoms with Crippen molar-refractivity contribution in [3.05, 3.63) is 68.4 Å². The van der Waals surface area contributed by atoms with Crippen LogP contribution in [0, 0.1) is 4.77 Å². The van der Waals surface area contributed by atoms with Crippen LogP contribution in [0.2, 0.25) is 0 Å². The number of aryl methyl sites for hydroxylation is 2. The average molecular weight is 401 g/mol. The van der Waals surface area contributed by atoms with E-state index in [1.165, 1.54) is 5.56 Å². The van der Waals surface area contributed by atoms with Crippen LogP contribution < -0.4 is 5.32 Å². The number of nitrogens with zero attached hydrogens (tertiary/aromatic N) is 2. The number of hydrogen-bond acceptors (Lipinski definition) is 4. The Kier molecular flexibility index (Phi) is 6.58. The van der Waals surface area contributed by atoms with E-state index in [1.807, 2.05) is 11.4 Å². The molecule has 3 rings (SSSR count). The second-order valence-corrected chi connectivity index (χ2v) is 7.76. The molecule has 0 bridgehead atoms. The first-order valence-corrected chi connectivity index (χ1v) is 10.5. The summed E-state index contributed by atoms with van der Waals surface area (Å²) in [7, 11) is 0. The van der Waals surface area contributed by atoms with Crippen LogP contribution in [0.25, 0.3) is 0 Å². The van der Waals surface area contributed by atoms with Gasteiger partial charge in [0.1, 0.15) is 12.4 Å². The first-order valence-electron chi connectivity index (χ1n) is 9.18. The summed E-state index contributed by atoms with van der Waals surface area (Å²) in [5.41, 5.74) is 2.36. The highest BCUT2D eigenvalue weighted by Gasteiger charge is 2.19. The minimum Gasteiger partial charge on any atom is -0.343 e. The number of aromatic nitrogens is 3. The number of carbonyl (C=O) groups is 1. The summed E-state index contributed by atoms with van der Waals surface area (Å²) >= 11 is 6.93. The van der Waals surface area contributed by atoms with Crippen molar-refractivity contribution in [1.29, 1.82) is 0 Å². The predicted molar refractivity (Wildman–Crippen MR) is 112 cm³/mol. The van der Waals surface area contributed by atoms with E-state index in [0.29, 0.717) is 4.77 Å². The van der Waals surface area contributed by atoms with Gasteiger partial charge in [-0.2, -0.15) is 5.10 Å². The molecule has 7 heteroatoms. The number of aromatic amines is 1. The maximum absolute atomic E-state index is 12.8. The van der Waals surface area contributed by atoms with Crippen molar-refractivity contribution in [2.45, 2.75) is 45.7 Å². The summed E-state index contributed by atoms with van der Waals surface area (Å²) in [6, 6.07) is 12.3. The van der Waals surface area contributed by atoms with Gasteiger partial charge in [-0.3, -0.25) is 14.5 Å². The number of H-pyrrole nitrogens is 1. The van der Waals surface area contributed by atoms with Gasteiger partial charge in [-0.05, 0) is 47.6 Å². The highest BCUT2D eigenvalue weighted by atomic mass is 32.1. The second kappa shape index (κ2) is 9.10. The fraction of sp³-hybridized carbons (Fsp3) is 0.350. The molecule has 2 N–H and O–H groups in total. The molecule has 0 fully saturated rings. The van der Waals surface area contributed by atoms with Gasteiger partial charge in [-0.1, -0.05) is 44.2 Å². The molecule has 142 valence electrons. The number of carbonyl (C=O) groups excluding carboxylic acids is 1. The standard InChI is InChI=1S/C20H24N4OS2/c1-3-6-17-22-23-20(26)24(17)13-18(25)21-19(16-7-5-12-27-16)15-10-8-14(4-2)9-11-15/h5,7-12,19H,3-4,6,13H2,1-2H3,(H,21,25)(H,23,26). The van der Waals surface area contributed by atoms with Crippen LogP contribution in [0.3, 0.4) is 0 Å². The Labute approximate surface area is 168 Å². The number of rotatable bonds is 8. The monoisotopic (exact) mass is 400 g/mol. The molecule has 3 aromatic rings. The van der Waals surface area contributed by atoms with E-state index in [4.69, 9.17) is 12.2 Å². The minimum absolute atomic E-state index is 0.0807. The second-order valence-electron chi connectivity index (χ2n) is 6.39. The van der Waals surface area contributed by atoms with Crippen molar-refractivity contribution in [2.75, 3.05) is 0 Å². The number of benzene rings is 1. The molecule has 0 saturated heterocycles. The lowest BCUT2D eigenvalue weighted by molar-refractivity contribution is -0.122. The van der Waals surface area contributed by atoms with Gasteiger partial charge in [0, 0.05) is 11.3 Å². The van der Waals surface area contributed by atoms with Crippen LogP contribution in [0.15, 0.2) is 41.8 Å². The third-order valence-corrected chi connectivity index (χ3v) is 5.72. The van der Waals surface area contributed by atoms with Gasteiger partial charge in [0.25, 0.3) is 0 Å². The van der Waals surface area contributed by atoms with Crippen LogP contribution in [-0.4, -0.2) is 20.7 Å². The molecule has 0 saturated carbocycles. The van der Waals surface area contributed by atoms with Crippen molar-refractivity contribution < 1.29 is 4.79 Å². The first kappa shape index (κ1) is 19.5. The quantitative estimate of drug-likeness (QED) is 0.550. The molecule has 1 amide bonds. The molecule has 2 heterocycles. The number of amides is 1. The molecular formula is C20H24N4OS2. The molecule has 0 aliphatic rings. The summed E-state index contributed by atoms with van der Waals surface area (Å²) in [4.78, 5) is 13.9. The largest absolute Gasteiger partial charge is 0.343 e. The summed E-state index contributed by atoms with van der Waals surface area (Å²) in [5, 5.41) is 12.2. The Morgan fingerprint density at radius 1 is 1.30 bits per heavy atom. The maximum atomic E-state index is 12.8. The van der Waals surface area contributed by atoms with Gasteiger partial charge >= 0.3 is 0 Å². The molecule has 0 aliphatic carbocycles. The molecule has 2 aromatic heterocycles.